The van der Waals surface area contributed by atoms with Crippen LogP contribution in [0.4, 0.5) is 0 Å². The lowest BCUT2D eigenvalue weighted by Crippen LogP contribution is -2.40. The molecule has 1 fully saturated rings. The van der Waals surface area contributed by atoms with E-state index >= 15 is 0 Å². The van der Waals surface area contributed by atoms with Gasteiger partial charge in [0.25, 0.3) is 5.91 Å². The first-order valence-electron chi connectivity index (χ1n) is 6.36. The Balaban J connectivity index is 1.88. The number of rotatable bonds is 2. The average molecular weight is 247 g/mol. The third kappa shape index (κ3) is 1.68. The highest BCUT2D eigenvalue weighted by molar-refractivity contribution is 5.98. The second-order valence-corrected chi connectivity index (χ2v) is 5.02. The van der Waals surface area contributed by atoms with Crippen molar-refractivity contribution in [2.45, 2.75) is 38.0 Å². The van der Waals surface area contributed by atoms with E-state index in [-0.39, 0.29) is 18.1 Å². The summed E-state index contributed by atoms with van der Waals surface area (Å²) in [5, 5.41) is 9.93. The first kappa shape index (κ1) is 11.5. The second kappa shape index (κ2) is 4.28. The third-order valence-electron chi connectivity index (χ3n) is 3.99. The molecule has 96 valence electrons. The summed E-state index contributed by atoms with van der Waals surface area (Å²) in [6.45, 7) is 0.590. The third-order valence-corrected chi connectivity index (χ3v) is 3.99. The highest BCUT2D eigenvalue weighted by atomic mass is 16.5. The summed E-state index contributed by atoms with van der Waals surface area (Å²) >= 11 is 0. The lowest BCUT2D eigenvalue weighted by Gasteiger charge is -2.26. The molecule has 1 amide bonds. The molecule has 0 spiro atoms. The topological polar surface area (TPSA) is 49.8 Å². The minimum atomic E-state index is -0.370. The number of ether oxygens (including phenoxy) is 1. The molecule has 1 aromatic rings. The van der Waals surface area contributed by atoms with Crippen molar-refractivity contribution in [2.24, 2.45) is 0 Å². The highest BCUT2D eigenvalue weighted by Crippen LogP contribution is 2.33. The predicted molar refractivity (Wildman–Crippen MR) is 66.5 cm³/mol. The fourth-order valence-electron chi connectivity index (χ4n) is 3.00. The minimum Gasteiger partial charge on any atom is -0.497 e. The Bertz CT molecular complexity index is 486. The maximum absolute atomic E-state index is 12.3. The number of aliphatic hydroxyl groups is 1. The van der Waals surface area contributed by atoms with Crippen LogP contribution in [-0.4, -0.2) is 35.2 Å². The maximum Gasteiger partial charge on any atom is 0.254 e. The predicted octanol–water partition coefficient (Wildman–Crippen LogP) is 1.56. The van der Waals surface area contributed by atoms with Crippen molar-refractivity contribution in [3.8, 4) is 5.75 Å². The van der Waals surface area contributed by atoms with Crippen molar-refractivity contribution < 1.29 is 14.6 Å². The largest absolute Gasteiger partial charge is 0.497 e. The SMILES string of the molecule is COc1ccc2c(c1)CN(C1CCCC1O)C2=O. The van der Waals surface area contributed by atoms with Gasteiger partial charge in [-0.2, -0.15) is 0 Å². The molecule has 0 aromatic heterocycles. The smallest absolute Gasteiger partial charge is 0.254 e. The van der Waals surface area contributed by atoms with Crippen molar-refractivity contribution in [2.75, 3.05) is 7.11 Å². The molecule has 18 heavy (non-hydrogen) atoms. The van der Waals surface area contributed by atoms with Crippen molar-refractivity contribution >= 4 is 5.91 Å². The monoisotopic (exact) mass is 247 g/mol. The molecule has 1 heterocycles. The highest BCUT2D eigenvalue weighted by Gasteiger charge is 2.38. The Morgan fingerprint density at radius 2 is 2.22 bits per heavy atom. The molecule has 0 saturated heterocycles. The van der Waals surface area contributed by atoms with E-state index in [0.717, 1.165) is 36.1 Å². The van der Waals surface area contributed by atoms with Gasteiger partial charge in [-0.25, -0.2) is 0 Å². The van der Waals surface area contributed by atoms with E-state index in [9.17, 15) is 9.90 Å². The van der Waals surface area contributed by atoms with Gasteiger partial charge in [0.15, 0.2) is 0 Å². The van der Waals surface area contributed by atoms with Crippen LogP contribution in [0.1, 0.15) is 35.2 Å². The van der Waals surface area contributed by atoms with Crippen LogP contribution in [0.2, 0.25) is 0 Å². The number of carbonyl (C=O) groups excluding carboxylic acids is 1. The van der Waals surface area contributed by atoms with Crippen LogP contribution in [0.15, 0.2) is 18.2 Å². The number of carbonyl (C=O) groups is 1. The molecule has 1 aliphatic carbocycles. The molecule has 3 rings (SSSR count). The molecule has 1 aromatic carbocycles. The normalized spacial score (nSPS) is 26.6. The van der Waals surface area contributed by atoms with Gasteiger partial charge in [-0.1, -0.05) is 0 Å². The summed E-state index contributed by atoms with van der Waals surface area (Å²) in [5.74, 6) is 0.814. The first-order chi connectivity index (χ1) is 8.70. The number of hydrogen-bond donors (Lipinski definition) is 1. The van der Waals surface area contributed by atoms with Gasteiger partial charge in [0.05, 0.1) is 19.3 Å². The maximum atomic E-state index is 12.3. The summed E-state index contributed by atoms with van der Waals surface area (Å²) < 4.78 is 5.18. The van der Waals surface area contributed by atoms with E-state index in [4.69, 9.17) is 4.74 Å². The molecular formula is C14H17NO3. The van der Waals surface area contributed by atoms with Gasteiger partial charge in [-0.3, -0.25) is 4.79 Å². The van der Waals surface area contributed by atoms with Crippen molar-refractivity contribution in [1.29, 1.82) is 0 Å². The van der Waals surface area contributed by atoms with E-state index < -0.39 is 0 Å². The van der Waals surface area contributed by atoms with Crippen molar-refractivity contribution in [3.63, 3.8) is 0 Å². The molecule has 1 aliphatic heterocycles. The summed E-state index contributed by atoms with van der Waals surface area (Å²) in [6, 6.07) is 5.52. The molecule has 0 bridgehead atoms. The lowest BCUT2D eigenvalue weighted by atomic mass is 10.1. The van der Waals surface area contributed by atoms with Gasteiger partial charge in [-0.05, 0) is 43.0 Å². The molecular weight excluding hydrogens is 230 g/mol. The number of benzene rings is 1. The van der Waals surface area contributed by atoms with Gasteiger partial charge in [0.2, 0.25) is 0 Å². The van der Waals surface area contributed by atoms with Gasteiger partial charge in [-0.15, -0.1) is 0 Å². The Morgan fingerprint density at radius 3 is 2.89 bits per heavy atom. The zero-order valence-corrected chi connectivity index (χ0v) is 10.4. The van der Waals surface area contributed by atoms with Crippen LogP contribution >= 0.6 is 0 Å². The first-order valence-corrected chi connectivity index (χ1v) is 6.36. The number of nitrogens with zero attached hydrogens (tertiary/aromatic N) is 1. The molecule has 0 radical (unpaired) electrons. The molecule has 2 aliphatic rings. The quantitative estimate of drug-likeness (QED) is 0.863. The zero-order chi connectivity index (χ0) is 12.7. The van der Waals surface area contributed by atoms with Crippen LogP contribution in [0.5, 0.6) is 5.75 Å². The van der Waals surface area contributed by atoms with E-state index in [1.807, 2.05) is 23.1 Å². The van der Waals surface area contributed by atoms with E-state index in [0.29, 0.717) is 6.54 Å². The second-order valence-electron chi connectivity index (χ2n) is 5.02. The van der Waals surface area contributed by atoms with Crippen LogP contribution in [0.3, 0.4) is 0 Å². The van der Waals surface area contributed by atoms with Gasteiger partial charge >= 0.3 is 0 Å². The Hall–Kier alpha value is -1.55. The fourth-order valence-corrected chi connectivity index (χ4v) is 3.00. The zero-order valence-electron chi connectivity index (χ0n) is 10.4. The van der Waals surface area contributed by atoms with Crippen LogP contribution in [-0.2, 0) is 6.54 Å². The van der Waals surface area contributed by atoms with E-state index in [1.165, 1.54) is 0 Å². The number of hydrogen-bond acceptors (Lipinski definition) is 3. The standard InChI is InChI=1S/C14H17NO3/c1-18-10-5-6-11-9(7-10)8-15(14(11)17)12-3-2-4-13(12)16/h5-7,12-13,16H,2-4,8H2,1H3. The molecule has 1 saturated carbocycles. The molecule has 4 nitrogen and oxygen atoms in total. The summed E-state index contributed by atoms with van der Waals surface area (Å²) in [5.41, 5.74) is 1.74. The Kier molecular flexibility index (Phi) is 2.74. The Labute approximate surface area is 106 Å². The fraction of sp³-hybridized carbons (Fsp3) is 0.500. The van der Waals surface area contributed by atoms with Gasteiger partial charge in [0, 0.05) is 12.1 Å². The number of amides is 1. The molecule has 4 heteroatoms. The van der Waals surface area contributed by atoms with Gasteiger partial charge in [0.1, 0.15) is 5.75 Å². The Morgan fingerprint density at radius 1 is 1.39 bits per heavy atom. The number of aliphatic hydroxyl groups excluding tert-OH is 1. The molecule has 2 atom stereocenters. The van der Waals surface area contributed by atoms with Gasteiger partial charge < -0.3 is 14.7 Å². The summed E-state index contributed by atoms with van der Waals surface area (Å²) in [4.78, 5) is 14.1. The van der Waals surface area contributed by atoms with Crippen LogP contribution in [0.25, 0.3) is 0 Å². The van der Waals surface area contributed by atoms with Crippen molar-refractivity contribution in [3.05, 3.63) is 29.3 Å². The molecule has 1 N–H and O–H groups in total. The average Bonchev–Trinajstić information content (AvgIpc) is 2.93. The van der Waals surface area contributed by atoms with Crippen LogP contribution < -0.4 is 4.74 Å². The summed E-state index contributed by atoms with van der Waals surface area (Å²) in [7, 11) is 1.62. The van der Waals surface area contributed by atoms with Crippen molar-refractivity contribution in [1.82, 2.24) is 4.90 Å². The van der Waals surface area contributed by atoms with Crippen LogP contribution in [0, 0.1) is 0 Å². The van der Waals surface area contributed by atoms with E-state index in [2.05, 4.69) is 0 Å². The molecule has 2 unspecified atom stereocenters. The summed E-state index contributed by atoms with van der Waals surface area (Å²) in [6.07, 6.45) is 2.33. The lowest BCUT2D eigenvalue weighted by molar-refractivity contribution is 0.0479. The number of fused-ring (bicyclic) bond motifs is 1. The minimum absolute atomic E-state index is 0.0177. The number of methoxy groups -OCH3 is 1. The van der Waals surface area contributed by atoms with E-state index in [1.54, 1.807) is 7.11 Å².